The fraction of sp³-hybridized carbons (Fsp3) is 0.889. The van der Waals surface area contributed by atoms with Crippen molar-refractivity contribution in [2.45, 2.75) is 6.42 Å². The van der Waals surface area contributed by atoms with Gasteiger partial charge < -0.3 is 20.1 Å². The monoisotopic (exact) mass is 204 g/mol. The summed E-state index contributed by atoms with van der Waals surface area (Å²) in [6, 6.07) is 0. The van der Waals surface area contributed by atoms with E-state index < -0.39 is 0 Å². The van der Waals surface area contributed by atoms with Gasteiger partial charge in [0, 0.05) is 20.7 Å². The lowest BCUT2D eigenvalue weighted by Crippen LogP contribution is -2.32. The molecule has 0 spiro atoms. The largest absolute Gasteiger partial charge is 0.382 e. The van der Waals surface area contributed by atoms with Crippen molar-refractivity contribution in [2.75, 3.05) is 47.1 Å². The Morgan fingerprint density at radius 3 is 2.71 bits per heavy atom. The SMILES string of the molecule is COCCOCC(=O)N(C)CCCN. The van der Waals surface area contributed by atoms with Gasteiger partial charge in [-0.15, -0.1) is 0 Å². The minimum absolute atomic E-state index is 0.0189. The Bertz CT molecular complexity index is 153. The van der Waals surface area contributed by atoms with E-state index in [1.165, 1.54) is 0 Å². The van der Waals surface area contributed by atoms with Gasteiger partial charge in [-0.2, -0.15) is 0 Å². The van der Waals surface area contributed by atoms with Crippen LogP contribution in [0.2, 0.25) is 0 Å². The zero-order valence-electron chi connectivity index (χ0n) is 8.99. The second-order valence-electron chi connectivity index (χ2n) is 3.00. The smallest absolute Gasteiger partial charge is 0.248 e. The number of nitrogens with two attached hydrogens (primary N) is 1. The van der Waals surface area contributed by atoms with Crippen molar-refractivity contribution in [3.05, 3.63) is 0 Å². The highest BCUT2D eigenvalue weighted by molar-refractivity contribution is 5.77. The molecular weight excluding hydrogens is 184 g/mol. The molecule has 0 heterocycles. The Kier molecular flexibility index (Phi) is 8.51. The number of methoxy groups -OCH3 is 1. The zero-order chi connectivity index (χ0) is 10.8. The van der Waals surface area contributed by atoms with Gasteiger partial charge in [0.15, 0.2) is 0 Å². The summed E-state index contributed by atoms with van der Waals surface area (Å²) in [5.74, 6) is -0.0189. The van der Waals surface area contributed by atoms with Crippen molar-refractivity contribution in [2.24, 2.45) is 5.73 Å². The first kappa shape index (κ1) is 13.4. The molecule has 0 aromatic rings. The molecule has 0 aliphatic rings. The third kappa shape index (κ3) is 6.82. The summed E-state index contributed by atoms with van der Waals surface area (Å²) in [5, 5.41) is 0. The summed E-state index contributed by atoms with van der Waals surface area (Å²) >= 11 is 0. The van der Waals surface area contributed by atoms with E-state index >= 15 is 0 Å². The lowest BCUT2D eigenvalue weighted by atomic mass is 10.4. The highest BCUT2D eigenvalue weighted by atomic mass is 16.5. The summed E-state index contributed by atoms with van der Waals surface area (Å²) in [7, 11) is 3.34. The molecule has 0 aromatic heterocycles. The maximum absolute atomic E-state index is 11.3. The third-order valence-electron chi connectivity index (χ3n) is 1.78. The Balaban J connectivity index is 3.42. The van der Waals surface area contributed by atoms with Gasteiger partial charge in [-0.05, 0) is 13.0 Å². The Labute approximate surface area is 85.1 Å². The Morgan fingerprint density at radius 1 is 1.43 bits per heavy atom. The molecule has 5 heteroatoms. The van der Waals surface area contributed by atoms with Crippen LogP contribution in [-0.2, 0) is 14.3 Å². The van der Waals surface area contributed by atoms with Gasteiger partial charge in [0.05, 0.1) is 13.2 Å². The van der Waals surface area contributed by atoms with Gasteiger partial charge in [-0.3, -0.25) is 4.79 Å². The van der Waals surface area contributed by atoms with Crippen molar-refractivity contribution in [1.82, 2.24) is 4.90 Å². The molecule has 0 aromatic carbocycles. The molecule has 5 nitrogen and oxygen atoms in total. The van der Waals surface area contributed by atoms with E-state index in [9.17, 15) is 4.79 Å². The first-order valence-electron chi connectivity index (χ1n) is 4.73. The number of carbonyl (C=O) groups excluding carboxylic acids is 1. The summed E-state index contributed by atoms with van der Waals surface area (Å²) in [4.78, 5) is 13.0. The average Bonchev–Trinajstić information content (AvgIpc) is 2.20. The fourth-order valence-electron chi connectivity index (χ4n) is 0.865. The number of carbonyl (C=O) groups is 1. The second kappa shape index (κ2) is 8.93. The topological polar surface area (TPSA) is 64.8 Å². The predicted octanol–water partition coefficient (Wildman–Crippen LogP) is -0.543. The summed E-state index contributed by atoms with van der Waals surface area (Å²) in [6.45, 7) is 2.36. The zero-order valence-corrected chi connectivity index (χ0v) is 8.99. The van der Waals surface area contributed by atoms with E-state index in [0.717, 1.165) is 6.42 Å². The minimum atomic E-state index is -0.0189. The molecule has 0 saturated carbocycles. The van der Waals surface area contributed by atoms with Crippen LogP contribution in [0.5, 0.6) is 0 Å². The number of rotatable bonds is 8. The van der Waals surface area contributed by atoms with Crippen LogP contribution in [0.1, 0.15) is 6.42 Å². The molecule has 0 aliphatic carbocycles. The van der Waals surface area contributed by atoms with Gasteiger partial charge in [0.1, 0.15) is 6.61 Å². The van der Waals surface area contributed by atoms with Crippen molar-refractivity contribution >= 4 is 5.91 Å². The summed E-state index contributed by atoms with van der Waals surface area (Å²) in [5.41, 5.74) is 5.33. The van der Waals surface area contributed by atoms with E-state index in [1.54, 1.807) is 19.1 Å². The summed E-state index contributed by atoms with van der Waals surface area (Å²) in [6.07, 6.45) is 0.820. The first-order valence-corrected chi connectivity index (χ1v) is 4.73. The highest BCUT2D eigenvalue weighted by Crippen LogP contribution is 1.89. The minimum Gasteiger partial charge on any atom is -0.382 e. The van der Waals surface area contributed by atoms with Gasteiger partial charge in [-0.25, -0.2) is 0 Å². The molecule has 84 valence electrons. The maximum Gasteiger partial charge on any atom is 0.248 e. The van der Waals surface area contributed by atoms with Crippen LogP contribution in [0.15, 0.2) is 0 Å². The van der Waals surface area contributed by atoms with Gasteiger partial charge in [0.25, 0.3) is 0 Å². The number of ether oxygens (including phenoxy) is 2. The normalized spacial score (nSPS) is 10.2. The maximum atomic E-state index is 11.3. The molecule has 0 fully saturated rings. The van der Waals surface area contributed by atoms with E-state index in [2.05, 4.69) is 0 Å². The van der Waals surface area contributed by atoms with Crippen LogP contribution < -0.4 is 5.73 Å². The Hall–Kier alpha value is -0.650. The van der Waals surface area contributed by atoms with Crippen molar-refractivity contribution < 1.29 is 14.3 Å². The number of amides is 1. The number of nitrogens with zero attached hydrogens (tertiary/aromatic N) is 1. The molecule has 14 heavy (non-hydrogen) atoms. The van der Waals surface area contributed by atoms with Crippen molar-refractivity contribution in [3.63, 3.8) is 0 Å². The van der Waals surface area contributed by atoms with Crippen LogP contribution in [0.25, 0.3) is 0 Å². The molecule has 0 saturated heterocycles. The van der Waals surface area contributed by atoms with Gasteiger partial charge in [-0.1, -0.05) is 0 Å². The van der Waals surface area contributed by atoms with Crippen molar-refractivity contribution in [3.8, 4) is 0 Å². The van der Waals surface area contributed by atoms with Crippen LogP contribution in [0.4, 0.5) is 0 Å². The van der Waals surface area contributed by atoms with Gasteiger partial charge >= 0.3 is 0 Å². The molecule has 0 aliphatic heterocycles. The standard InChI is InChI=1S/C9H20N2O3/c1-11(5-3-4-10)9(12)8-14-7-6-13-2/h3-8,10H2,1-2H3. The van der Waals surface area contributed by atoms with Gasteiger partial charge in [0.2, 0.25) is 5.91 Å². The number of likely N-dealkylation sites (N-methyl/N-ethyl adjacent to an activating group) is 1. The third-order valence-corrected chi connectivity index (χ3v) is 1.78. The quantitative estimate of drug-likeness (QED) is 0.539. The molecule has 0 radical (unpaired) electrons. The molecule has 0 bridgehead atoms. The van der Waals surface area contributed by atoms with Crippen LogP contribution in [0, 0.1) is 0 Å². The summed E-state index contributed by atoms with van der Waals surface area (Å²) < 4.78 is 9.87. The molecule has 2 N–H and O–H groups in total. The van der Waals surface area contributed by atoms with E-state index in [-0.39, 0.29) is 12.5 Å². The lowest BCUT2D eigenvalue weighted by molar-refractivity contribution is -0.135. The van der Waals surface area contributed by atoms with E-state index in [0.29, 0.717) is 26.3 Å². The van der Waals surface area contributed by atoms with Crippen LogP contribution >= 0.6 is 0 Å². The number of hydrogen-bond acceptors (Lipinski definition) is 4. The first-order chi connectivity index (χ1) is 6.72. The van der Waals surface area contributed by atoms with Crippen molar-refractivity contribution in [1.29, 1.82) is 0 Å². The molecule has 0 unspecified atom stereocenters. The number of hydrogen-bond donors (Lipinski definition) is 1. The lowest BCUT2D eigenvalue weighted by Gasteiger charge is -2.16. The van der Waals surface area contributed by atoms with Crippen LogP contribution in [0.3, 0.4) is 0 Å². The molecule has 1 amide bonds. The molecule has 0 rings (SSSR count). The predicted molar refractivity (Wildman–Crippen MR) is 54.0 cm³/mol. The second-order valence-corrected chi connectivity index (χ2v) is 3.00. The Morgan fingerprint density at radius 2 is 2.14 bits per heavy atom. The van der Waals surface area contributed by atoms with E-state index in [4.69, 9.17) is 15.2 Å². The molecule has 0 atom stereocenters. The molecular formula is C9H20N2O3. The van der Waals surface area contributed by atoms with Crippen LogP contribution in [-0.4, -0.2) is 57.9 Å². The highest BCUT2D eigenvalue weighted by Gasteiger charge is 2.07. The average molecular weight is 204 g/mol. The fourth-order valence-corrected chi connectivity index (χ4v) is 0.865. The van der Waals surface area contributed by atoms with E-state index in [1.807, 2.05) is 0 Å².